The summed E-state index contributed by atoms with van der Waals surface area (Å²) in [7, 11) is 0. The highest BCUT2D eigenvalue weighted by molar-refractivity contribution is 7.11. The van der Waals surface area contributed by atoms with Gasteiger partial charge in [0, 0.05) is 10.6 Å². The molecule has 1 aliphatic heterocycles. The molecule has 0 bridgehead atoms. The number of nitrogens with zero attached hydrogens (tertiary/aromatic N) is 1. The normalized spacial score (nSPS) is 14.1. The van der Waals surface area contributed by atoms with Gasteiger partial charge in [-0.2, -0.15) is 0 Å². The third kappa shape index (κ3) is 3.86. The number of aryl methyl sites for hydroxylation is 1. The van der Waals surface area contributed by atoms with E-state index < -0.39 is 0 Å². The Balaban J connectivity index is 1.71. The van der Waals surface area contributed by atoms with Gasteiger partial charge in [0.25, 0.3) is 11.8 Å². The fourth-order valence-corrected chi connectivity index (χ4v) is 4.11. The molecule has 0 saturated carbocycles. The number of rotatable bonds is 6. The number of anilines is 2. The number of hydrogen-bond acceptors (Lipinski definition) is 5. The van der Waals surface area contributed by atoms with Crippen molar-refractivity contribution in [1.29, 1.82) is 0 Å². The summed E-state index contributed by atoms with van der Waals surface area (Å²) in [5.41, 5.74) is 3.01. The van der Waals surface area contributed by atoms with Gasteiger partial charge < -0.3 is 10.1 Å². The number of hydrogen-bond donors (Lipinski definition) is 1. The van der Waals surface area contributed by atoms with E-state index in [1.54, 1.807) is 24.3 Å². The molecule has 6 heteroatoms. The van der Waals surface area contributed by atoms with Gasteiger partial charge in [0.05, 0.1) is 17.4 Å². The number of carbonyl (C=O) groups excluding carboxylic acids is 2. The molecule has 0 fully saturated rings. The van der Waals surface area contributed by atoms with Crippen LogP contribution in [0.2, 0.25) is 0 Å². The van der Waals surface area contributed by atoms with Gasteiger partial charge in [0.1, 0.15) is 11.4 Å². The lowest BCUT2D eigenvalue weighted by Crippen LogP contribution is -2.32. The number of benzene rings is 2. The van der Waals surface area contributed by atoms with Crippen LogP contribution in [0.5, 0.6) is 5.75 Å². The van der Waals surface area contributed by atoms with Gasteiger partial charge >= 0.3 is 0 Å². The summed E-state index contributed by atoms with van der Waals surface area (Å²) in [4.78, 5) is 28.6. The number of amides is 2. The molecule has 2 amide bonds. The van der Waals surface area contributed by atoms with Gasteiger partial charge in [-0.3, -0.25) is 9.59 Å². The predicted molar refractivity (Wildman–Crippen MR) is 121 cm³/mol. The molecular formula is C24H22N2O3S. The molecule has 2 heterocycles. The van der Waals surface area contributed by atoms with Crippen molar-refractivity contribution in [3.63, 3.8) is 0 Å². The molecule has 3 aromatic rings. The molecule has 4 rings (SSSR count). The number of thiophene rings is 1. The largest absolute Gasteiger partial charge is 0.491 e. The lowest BCUT2D eigenvalue weighted by atomic mass is 10.1. The van der Waals surface area contributed by atoms with Crippen LogP contribution in [-0.4, -0.2) is 17.9 Å². The second-order valence-corrected chi connectivity index (χ2v) is 8.28. The summed E-state index contributed by atoms with van der Waals surface area (Å²) in [5.74, 6) is -0.0186. The fraction of sp³-hybridized carbons (Fsp3) is 0.167. The molecule has 30 heavy (non-hydrogen) atoms. The van der Waals surface area contributed by atoms with Crippen molar-refractivity contribution in [3.05, 3.63) is 82.2 Å². The van der Waals surface area contributed by atoms with E-state index >= 15 is 0 Å². The van der Waals surface area contributed by atoms with E-state index in [1.165, 1.54) is 16.2 Å². The highest BCUT2D eigenvalue weighted by atomic mass is 32.1. The number of ether oxygens (including phenoxy) is 1. The monoisotopic (exact) mass is 418 g/mol. The van der Waals surface area contributed by atoms with Crippen LogP contribution < -0.4 is 15.0 Å². The Morgan fingerprint density at radius 3 is 2.37 bits per heavy atom. The minimum absolute atomic E-state index is 0.0446. The smallest absolute Gasteiger partial charge is 0.282 e. The molecule has 1 aromatic heterocycles. The molecule has 0 atom stereocenters. The summed E-state index contributed by atoms with van der Waals surface area (Å²) < 4.78 is 5.67. The molecule has 0 spiro atoms. The third-order valence-corrected chi connectivity index (χ3v) is 5.49. The summed E-state index contributed by atoms with van der Waals surface area (Å²) in [6, 6.07) is 18.4. The van der Waals surface area contributed by atoms with Crippen molar-refractivity contribution in [1.82, 2.24) is 0 Å². The van der Waals surface area contributed by atoms with Crippen molar-refractivity contribution >= 4 is 40.1 Å². The van der Waals surface area contributed by atoms with Crippen LogP contribution in [0.3, 0.4) is 0 Å². The second-order valence-electron chi connectivity index (χ2n) is 7.33. The first-order valence-electron chi connectivity index (χ1n) is 9.71. The lowest BCUT2D eigenvalue weighted by molar-refractivity contribution is -0.120. The van der Waals surface area contributed by atoms with Gasteiger partial charge in [-0.15, -0.1) is 11.3 Å². The molecule has 1 aliphatic rings. The minimum atomic E-state index is -0.373. The quantitative estimate of drug-likeness (QED) is 0.556. The Morgan fingerprint density at radius 2 is 1.73 bits per heavy atom. The van der Waals surface area contributed by atoms with Gasteiger partial charge in [0.15, 0.2) is 0 Å². The number of imide groups is 1. The van der Waals surface area contributed by atoms with E-state index in [0.717, 1.165) is 16.1 Å². The average Bonchev–Trinajstić information content (AvgIpc) is 3.30. The Labute approximate surface area is 179 Å². The summed E-state index contributed by atoms with van der Waals surface area (Å²) in [6.45, 7) is 5.87. The highest BCUT2D eigenvalue weighted by Crippen LogP contribution is 2.36. The maximum atomic E-state index is 13.3. The molecule has 0 aliphatic carbocycles. The van der Waals surface area contributed by atoms with E-state index in [9.17, 15) is 9.59 Å². The van der Waals surface area contributed by atoms with E-state index in [4.69, 9.17) is 4.74 Å². The number of nitrogens with one attached hydrogen (secondary N) is 1. The molecule has 1 N–H and O–H groups in total. The van der Waals surface area contributed by atoms with Crippen molar-refractivity contribution in [2.45, 2.75) is 26.9 Å². The predicted octanol–water partition coefficient (Wildman–Crippen LogP) is 5.24. The van der Waals surface area contributed by atoms with Crippen LogP contribution in [0.25, 0.3) is 5.57 Å². The molecule has 0 radical (unpaired) electrons. The van der Waals surface area contributed by atoms with Crippen molar-refractivity contribution in [2.24, 2.45) is 0 Å². The Morgan fingerprint density at radius 1 is 0.967 bits per heavy atom. The van der Waals surface area contributed by atoms with Crippen molar-refractivity contribution < 1.29 is 14.3 Å². The first-order valence-corrected chi connectivity index (χ1v) is 10.6. The summed E-state index contributed by atoms with van der Waals surface area (Å²) >= 11 is 1.43. The molecule has 0 unspecified atom stereocenters. The highest BCUT2D eigenvalue weighted by Gasteiger charge is 2.40. The van der Waals surface area contributed by atoms with Crippen molar-refractivity contribution in [2.75, 3.05) is 10.2 Å². The Kier molecular flexibility index (Phi) is 5.42. The van der Waals surface area contributed by atoms with Crippen LogP contribution in [0.1, 0.15) is 24.3 Å². The van der Waals surface area contributed by atoms with E-state index in [1.807, 2.05) is 62.5 Å². The van der Waals surface area contributed by atoms with Crippen LogP contribution in [0, 0.1) is 6.92 Å². The average molecular weight is 419 g/mol. The van der Waals surface area contributed by atoms with E-state index in [0.29, 0.717) is 17.0 Å². The van der Waals surface area contributed by atoms with Gasteiger partial charge in [-0.05, 0) is 74.2 Å². The van der Waals surface area contributed by atoms with Gasteiger partial charge in [0.2, 0.25) is 0 Å². The molecular weight excluding hydrogens is 396 g/mol. The van der Waals surface area contributed by atoms with Gasteiger partial charge in [-0.25, -0.2) is 4.90 Å². The standard InChI is InChI=1S/C24H22N2O3S/c1-15(2)29-19-11-9-18(10-12-19)26-23(27)21(20-8-5-13-30-20)22(24(26)28)25-17-7-4-6-16(3)14-17/h4-15,25H,1-3H3. The first kappa shape index (κ1) is 19.9. The maximum Gasteiger partial charge on any atom is 0.282 e. The molecule has 152 valence electrons. The molecule has 2 aromatic carbocycles. The Hall–Kier alpha value is -3.38. The maximum absolute atomic E-state index is 13.3. The van der Waals surface area contributed by atoms with Gasteiger partial charge in [-0.1, -0.05) is 18.2 Å². The van der Waals surface area contributed by atoms with Crippen LogP contribution >= 0.6 is 11.3 Å². The first-order chi connectivity index (χ1) is 14.4. The third-order valence-electron chi connectivity index (χ3n) is 4.61. The second kappa shape index (κ2) is 8.16. The van der Waals surface area contributed by atoms with Crippen LogP contribution in [-0.2, 0) is 9.59 Å². The Bertz CT molecular complexity index is 1120. The summed E-state index contributed by atoms with van der Waals surface area (Å²) in [6.07, 6.45) is 0.0446. The van der Waals surface area contributed by atoms with Crippen LogP contribution in [0.4, 0.5) is 11.4 Å². The van der Waals surface area contributed by atoms with Crippen LogP contribution in [0.15, 0.2) is 71.7 Å². The SMILES string of the molecule is Cc1cccc(NC2=C(c3cccs3)C(=O)N(c3ccc(OC(C)C)cc3)C2=O)c1. The zero-order valence-corrected chi connectivity index (χ0v) is 17.8. The summed E-state index contributed by atoms with van der Waals surface area (Å²) in [5, 5.41) is 5.08. The zero-order valence-electron chi connectivity index (χ0n) is 17.0. The topological polar surface area (TPSA) is 58.6 Å². The molecule has 5 nitrogen and oxygen atoms in total. The minimum Gasteiger partial charge on any atom is -0.491 e. The molecule has 0 saturated heterocycles. The van der Waals surface area contributed by atoms with E-state index in [2.05, 4.69) is 5.32 Å². The lowest BCUT2D eigenvalue weighted by Gasteiger charge is -2.16. The van der Waals surface area contributed by atoms with Crippen molar-refractivity contribution in [3.8, 4) is 5.75 Å². The fourth-order valence-electron chi connectivity index (χ4n) is 3.34. The zero-order chi connectivity index (χ0) is 21.3. The number of carbonyl (C=O) groups is 2. The van der Waals surface area contributed by atoms with E-state index in [-0.39, 0.29) is 23.6 Å².